The fraction of sp³-hybridized carbons (Fsp3) is 0.933. The Morgan fingerprint density at radius 2 is 2.00 bits per heavy atom. The summed E-state index contributed by atoms with van der Waals surface area (Å²) < 4.78 is 5.55. The van der Waals surface area contributed by atoms with Gasteiger partial charge in [-0.1, -0.05) is 22.9 Å². The Morgan fingerprint density at radius 3 is 2.53 bits per heavy atom. The average Bonchev–Trinajstić information content (AvgIpc) is 2.36. The van der Waals surface area contributed by atoms with Crippen molar-refractivity contribution in [3.05, 3.63) is 0 Å². The Kier molecular flexibility index (Phi) is 5.70. The topological polar surface area (TPSA) is 29.5 Å². The smallest absolute Gasteiger partial charge is 0.222 e. The highest BCUT2D eigenvalue weighted by atomic mass is 79.9. The third kappa shape index (κ3) is 4.19. The number of carbonyl (C=O) groups is 1. The van der Waals surface area contributed by atoms with Crippen molar-refractivity contribution in [1.29, 1.82) is 0 Å². The van der Waals surface area contributed by atoms with E-state index < -0.39 is 0 Å². The average molecular weight is 332 g/mol. The Bertz CT molecular complexity index is 295. The van der Waals surface area contributed by atoms with Gasteiger partial charge in [0.05, 0.1) is 6.10 Å². The summed E-state index contributed by atoms with van der Waals surface area (Å²) in [7, 11) is 0. The number of likely N-dealkylation sites (tertiary alicyclic amines) is 1. The molecular weight excluding hydrogens is 306 g/mol. The molecule has 0 spiro atoms. The number of halogens is 1. The van der Waals surface area contributed by atoms with Crippen molar-refractivity contribution in [1.82, 2.24) is 4.90 Å². The van der Waals surface area contributed by atoms with Crippen LogP contribution in [0.5, 0.6) is 0 Å². The molecule has 0 radical (unpaired) electrons. The first-order valence-corrected chi connectivity index (χ1v) is 8.55. The largest absolute Gasteiger partial charge is 0.378 e. The van der Waals surface area contributed by atoms with Gasteiger partial charge in [0.1, 0.15) is 0 Å². The molecule has 3 nitrogen and oxygen atoms in total. The minimum absolute atomic E-state index is 0.362. The SMILES string of the molecule is CCOC1CC(CC(=O)N2CCC(C(C)Br)CC2)C1. The van der Waals surface area contributed by atoms with Crippen LogP contribution < -0.4 is 0 Å². The zero-order chi connectivity index (χ0) is 13.8. The molecule has 2 fully saturated rings. The molecule has 1 aliphatic carbocycles. The lowest BCUT2D eigenvalue weighted by molar-refractivity contribution is -0.135. The number of nitrogens with zero attached hydrogens (tertiary/aromatic N) is 1. The molecule has 1 atom stereocenters. The van der Waals surface area contributed by atoms with E-state index in [1.807, 2.05) is 6.92 Å². The van der Waals surface area contributed by atoms with Crippen molar-refractivity contribution in [2.45, 2.75) is 56.9 Å². The summed E-state index contributed by atoms with van der Waals surface area (Å²) in [5.74, 6) is 1.66. The van der Waals surface area contributed by atoms with Crippen molar-refractivity contribution in [2.24, 2.45) is 11.8 Å². The van der Waals surface area contributed by atoms with Gasteiger partial charge in [0.2, 0.25) is 5.91 Å². The normalized spacial score (nSPS) is 29.9. The van der Waals surface area contributed by atoms with Crippen molar-refractivity contribution < 1.29 is 9.53 Å². The van der Waals surface area contributed by atoms with Gasteiger partial charge in [-0.15, -0.1) is 0 Å². The van der Waals surface area contributed by atoms with Crippen molar-refractivity contribution in [3.63, 3.8) is 0 Å². The molecule has 1 aliphatic heterocycles. The van der Waals surface area contributed by atoms with E-state index in [2.05, 4.69) is 27.8 Å². The number of piperidine rings is 1. The second kappa shape index (κ2) is 7.07. The van der Waals surface area contributed by atoms with Crippen molar-refractivity contribution >= 4 is 21.8 Å². The van der Waals surface area contributed by atoms with E-state index in [-0.39, 0.29) is 0 Å². The van der Waals surface area contributed by atoms with Gasteiger partial charge in [0.25, 0.3) is 0 Å². The van der Waals surface area contributed by atoms with Crippen LogP contribution in [-0.2, 0) is 9.53 Å². The van der Waals surface area contributed by atoms with Gasteiger partial charge in [0, 0.05) is 30.9 Å². The molecule has 1 amide bonds. The van der Waals surface area contributed by atoms with E-state index >= 15 is 0 Å². The molecule has 0 bridgehead atoms. The predicted molar refractivity (Wildman–Crippen MR) is 80.4 cm³/mol. The molecule has 110 valence electrons. The zero-order valence-electron chi connectivity index (χ0n) is 12.1. The number of alkyl halides is 1. The molecule has 0 aromatic heterocycles. The van der Waals surface area contributed by atoms with E-state index in [1.165, 1.54) is 0 Å². The Balaban J connectivity index is 1.65. The van der Waals surface area contributed by atoms with Crippen molar-refractivity contribution in [3.8, 4) is 0 Å². The van der Waals surface area contributed by atoms with Crippen LogP contribution in [0.4, 0.5) is 0 Å². The van der Waals surface area contributed by atoms with E-state index in [0.717, 1.165) is 57.7 Å². The lowest BCUT2D eigenvalue weighted by Crippen LogP contribution is -2.42. The van der Waals surface area contributed by atoms with Crippen LogP contribution in [0.1, 0.15) is 46.0 Å². The molecule has 2 rings (SSSR count). The highest BCUT2D eigenvalue weighted by Crippen LogP contribution is 2.34. The van der Waals surface area contributed by atoms with E-state index in [1.54, 1.807) is 0 Å². The van der Waals surface area contributed by atoms with Gasteiger partial charge in [0.15, 0.2) is 0 Å². The summed E-state index contributed by atoms with van der Waals surface area (Å²) in [5, 5.41) is 0. The minimum Gasteiger partial charge on any atom is -0.378 e. The Hall–Kier alpha value is -0.0900. The zero-order valence-corrected chi connectivity index (χ0v) is 13.7. The lowest BCUT2D eigenvalue weighted by atomic mass is 9.79. The molecule has 1 saturated carbocycles. The number of hydrogen-bond acceptors (Lipinski definition) is 2. The lowest BCUT2D eigenvalue weighted by Gasteiger charge is -2.38. The molecule has 2 aliphatic rings. The number of carbonyl (C=O) groups excluding carboxylic acids is 1. The van der Waals surface area contributed by atoms with Gasteiger partial charge in [-0.3, -0.25) is 4.79 Å². The maximum absolute atomic E-state index is 12.2. The molecule has 4 heteroatoms. The second-order valence-corrected chi connectivity index (χ2v) is 7.46. The first-order chi connectivity index (χ1) is 9.10. The second-order valence-electron chi connectivity index (χ2n) is 6.01. The summed E-state index contributed by atoms with van der Waals surface area (Å²) in [5.41, 5.74) is 0. The van der Waals surface area contributed by atoms with Gasteiger partial charge >= 0.3 is 0 Å². The third-order valence-corrected chi connectivity index (χ3v) is 5.35. The van der Waals surface area contributed by atoms with Gasteiger partial charge in [-0.25, -0.2) is 0 Å². The van der Waals surface area contributed by atoms with Gasteiger partial charge in [-0.05, 0) is 44.4 Å². The van der Waals surface area contributed by atoms with Crippen LogP contribution >= 0.6 is 15.9 Å². The molecular formula is C15H26BrNO2. The highest BCUT2D eigenvalue weighted by Gasteiger charge is 2.33. The summed E-state index contributed by atoms with van der Waals surface area (Å²) in [4.78, 5) is 14.9. The number of rotatable bonds is 5. The molecule has 1 saturated heterocycles. The minimum atomic E-state index is 0.362. The Morgan fingerprint density at radius 1 is 1.37 bits per heavy atom. The first kappa shape index (κ1) is 15.3. The maximum atomic E-state index is 12.2. The summed E-state index contributed by atoms with van der Waals surface area (Å²) in [6.45, 7) is 6.93. The van der Waals surface area contributed by atoms with Gasteiger partial charge in [-0.2, -0.15) is 0 Å². The van der Waals surface area contributed by atoms with Crippen LogP contribution in [0.15, 0.2) is 0 Å². The quantitative estimate of drug-likeness (QED) is 0.724. The third-order valence-electron chi connectivity index (χ3n) is 4.60. The van der Waals surface area contributed by atoms with Crippen molar-refractivity contribution in [2.75, 3.05) is 19.7 Å². The Labute approximate surface area is 125 Å². The fourth-order valence-electron chi connectivity index (χ4n) is 3.20. The monoisotopic (exact) mass is 331 g/mol. The summed E-state index contributed by atoms with van der Waals surface area (Å²) in [6.07, 6.45) is 5.60. The number of ether oxygens (including phenoxy) is 1. The molecule has 1 heterocycles. The van der Waals surface area contributed by atoms with Crippen LogP contribution in [0, 0.1) is 11.8 Å². The molecule has 19 heavy (non-hydrogen) atoms. The standard InChI is InChI=1S/C15H26BrNO2/c1-3-19-14-8-12(9-14)10-15(18)17-6-4-13(5-7-17)11(2)16/h11-14H,3-10H2,1-2H3. The van der Waals surface area contributed by atoms with E-state index in [0.29, 0.717) is 22.8 Å². The highest BCUT2D eigenvalue weighted by molar-refractivity contribution is 9.09. The summed E-state index contributed by atoms with van der Waals surface area (Å²) >= 11 is 3.66. The molecule has 0 aromatic carbocycles. The maximum Gasteiger partial charge on any atom is 0.222 e. The fourth-order valence-corrected chi connectivity index (χ4v) is 3.73. The summed E-state index contributed by atoms with van der Waals surface area (Å²) in [6, 6.07) is 0. The van der Waals surface area contributed by atoms with E-state index in [9.17, 15) is 4.79 Å². The molecule has 1 unspecified atom stereocenters. The van der Waals surface area contributed by atoms with Crippen LogP contribution in [0.3, 0.4) is 0 Å². The first-order valence-electron chi connectivity index (χ1n) is 7.63. The molecule has 0 N–H and O–H groups in total. The number of amides is 1. The number of hydrogen-bond donors (Lipinski definition) is 0. The van der Waals surface area contributed by atoms with E-state index in [4.69, 9.17) is 4.74 Å². The van der Waals surface area contributed by atoms with Crippen LogP contribution in [-0.4, -0.2) is 41.4 Å². The molecule has 0 aromatic rings. The predicted octanol–water partition coefficient (Wildman–Crippen LogP) is 3.21. The van der Waals surface area contributed by atoms with Crippen LogP contribution in [0.2, 0.25) is 0 Å². The van der Waals surface area contributed by atoms with Gasteiger partial charge < -0.3 is 9.64 Å². The van der Waals surface area contributed by atoms with Crippen LogP contribution in [0.25, 0.3) is 0 Å².